The van der Waals surface area contributed by atoms with Crippen LogP contribution in [0.4, 0.5) is 0 Å². The van der Waals surface area contributed by atoms with E-state index in [1.807, 2.05) is 13.8 Å². The lowest BCUT2D eigenvalue weighted by Crippen LogP contribution is -2.32. The molecule has 5 heteroatoms. The second kappa shape index (κ2) is 9.00. The van der Waals surface area contributed by atoms with Crippen LogP contribution in [0.5, 0.6) is 0 Å². The molecule has 0 aliphatic carbocycles. The lowest BCUT2D eigenvalue weighted by atomic mass is 9.89. The van der Waals surface area contributed by atoms with E-state index < -0.39 is 5.79 Å². The topological polar surface area (TPSA) is 48.0 Å². The van der Waals surface area contributed by atoms with Gasteiger partial charge in [0, 0.05) is 13.5 Å². The van der Waals surface area contributed by atoms with Crippen LogP contribution in [-0.2, 0) is 19.1 Å². The Hall–Kier alpha value is -0.650. The van der Waals surface area contributed by atoms with Gasteiger partial charge in [-0.1, -0.05) is 33.6 Å². The molecule has 1 rings (SSSR count). The number of carbonyl (C=O) groups excluding carboxylic acids is 1. The summed E-state index contributed by atoms with van der Waals surface area (Å²) in [7, 11) is 3.15. The van der Waals surface area contributed by atoms with Crippen molar-refractivity contribution in [2.75, 3.05) is 14.2 Å². The molecule has 1 heterocycles. The standard InChI is InChI=1S/C18H35NO4/c1-8-9-10-14(3)17-15(22-18(4,5)23-17)11-13(2)12-16(20)19(6)21-7/h13-15,17H,8-12H2,1-7H3/t13-,14-,15+,17-/m1/s1. The van der Waals surface area contributed by atoms with Gasteiger partial charge in [-0.3, -0.25) is 9.63 Å². The minimum atomic E-state index is -0.539. The Bertz CT molecular complexity index is 372. The number of nitrogens with zero attached hydrogens (tertiary/aromatic N) is 1. The van der Waals surface area contributed by atoms with E-state index in [1.165, 1.54) is 25.0 Å². The molecule has 0 N–H and O–H groups in total. The molecule has 0 aromatic rings. The van der Waals surface area contributed by atoms with Crippen LogP contribution in [0.15, 0.2) is 0 Å². The zero-order chi connectivity index (χ0) is 17.6. The summed E-state index contributed by atoms with van der Waals surface area (Å²) < 4.78 is 12.3. The van der Waals surface area contributed by atoms with Crippen molar-refractivity contribution in [2.45, 2.75) is 84.7 Å². The summed E-state index contributed by atoms with van der Waals surface area (Å²) >= 11 is 0. The number of hydroxylamine groups is 2. The SMILES string of the molecule is CCCC[C@@H](C)[C@H]1OC(C)(C)O[C@H]1C[C@@H](C)CC(=O)N(C)OC. The van der Waals surface area contributed by atoms with E-state index in [9.17, 15) is 4.79 Å². The van der Waals surface area contributed by atoms with Crippen LogP contribution < -0.4 is 0 Å². The molecular formula is C18H35NO4. The van der Waals surface area contributed by atoms with Gasteiger partial charge in [0.15, 0.2) is 5.79 Å². The molecule has 1 fully saturated rings. The maximum atomic E-state index is 12.0. The number of unbranched alkanes of at least 4 members (excludes halogenated alkanes) is 1. The second-order valence-electron chi connectivity index (χ2n) is 7.38. The zero-order valence-corrected chi connectivity index (χ0v) is 15.9. The Balaban J connectivity index is 2.61. The monoisotopic (exact) mass is 329 g/mol. The van der Waals surface area contributed by atoms with E-state index in [-0.39, 0.29) is 24.0 Å². The summed E-state index contributed by atoms with van der Waals surface area (Å²) in [6.07, 6.45) is 4.99. The lowest BCUT2D eigenvalue weighted by molar-refractivity contribution is -0.170. The second-order valence-corrected chi connectivity index (χ2v) is 7.38. The average Bonchev–Trinajstić information content (AvgIpc) is 2.78. The predicted molar refractivity (Wildman–Crippen MR) is 90.7 cm³/mol. The molecule has 0 bridgehead atoms. The molecule has 1 aliphatic rings. The molecule has 1 aliphatic heterocycles. The summed E-state index contributed by atoms with van der Waals surface area (Å²) in [5.74, 6) is 0.145. The molecule has 0 aromatic carbocycles. The van der Waals surface area contributed by atoms with E-state index in [4.69, 9.17) is 14.3 Å². The first-order valence-corrected chi connectivity index (χ1v) is 8.86. The Kier molecular flexibility index (Phi) is 7.98. The van der Waals surface area contributed by atoms with Crippen LogP contribution in [0.25, 0.3) is 0 Å². The van der Waals surface area contributed by atoms with Crippen molar-refractivity contribution >= 4 is 5.91 Å². The first-order chi connectivity index (χ1) is 10.7. The fraction of sp³-hybridized carbons (Fsp3) is 0.944. The molecule has 0 aromatic heterocycles. The van der Waals surface area contributed by atoms with Crippen LogP contribution in [0.3, 0.4) is 0 Å². The van der Waals surface area contributed by atoms with Gasteiger partial charge < -0.3 is 9.47 Å². The van der Waals surface area contributed by atoms with Crippen LogP contribution in [0.2, 0.25) is 0 Å². The molecule has 0 saturated carbocycles. The summed E-state index contributed by atoms with van der Waals surface area (Å²) in [6.45, 7) is 10.5. The third kappa shape index (κ3) is 6.40. The van der Waals surface area contributed by atoms with Crippen LogP contribution in [0, 0.1) is 11.8 Å². The first kappa shape index (κ1) is 20.4. The third-order valence-corrected chi connectivity index (χ3v) is 4.58. The van der Waals surface area contributed by atoms with Crippen LogP contribution >= 0.6 is 0 Å². The van der Waals surface area contributed by atoms with Gasteiger partial charge in [-0.25, -0.2) is 5.06 Å². The molecule has 1 amide bonds. The van der Waals surface area contributed by atoms with Crippen molar-refractivity contribution in [1.82, 2.24) is 5.06 Å². The van der Waals surface area contributed by atoms with Gasteiger partial charge in [-0.05, 0) is 38.5 Å². The van der Waals surface area contributed by atoms with Crippen molar-refractivity contribution in [2.24, 2.45) is 11.8 Å². The normalized spacial score (nSPS) is 26.0. The minimum absolute atomic E-state index is 0.00578. The highest BCUT2D eigenvalue weighted by molar-refractivity contribution is 5.74. The lowest BCUT2D eigenvalue weighted by Gasteiger charge is -2.25. The largest absolute Gasteiger partial charge is 0.345 e. The number of amides is 1. The first-order valence-electron chi connectivity index (χ1n) is 8.86. The van der Waals surface area contributed by atoms with Crippen molar-refractivity contribution in [3.8, 4) is 0 Å². The van der Waals surface area contributed by atoms with Gasteiger partial charge in [0.2, 0.25) is 5.91 Å². The molecule has 0 radical (unpaired) electrons. The molecule has 1 saturated heterocycles. The molecule has 5 nitrogen and oxygen atoms in total. The molecule has 4 atom stereocenters. The summed E-state index contributed by atoms with van der Waals surface area (Å²) in [5.41, 5.74) is 0. The van der Waals surface area contributed by atoms with Crippen molar-refractivity contribution in [1.29, 1.82) is 0 Å². The Morgan fingerprint density at radius 3 is 2.52 bits per heavy atom. The van der Waals surface area contributed by atoms with Gasteiger partial charge in [0.05, 0.1) is 19.3 Å². The van der Waals surface area contributed by atoms with Gasteiger partial charge in [0.25, 0.3) is 0 Å². The van der Waals surface area contributed by atoms with Gasteiger partial charge in [0.1, 0.15) is 0 Å². The van der Waals surface area contributed by atoms with E-state index in [2.05, 4.69) is 20.8 Å². The number of hydrogen-bond donors (Lipinski definition) is 0. The Labute approximate surface area is 141 Å². The van der Waals surface area contributed by atoms with E-state index in [0.717, 1.165) is 12.8 Å². The summed E-state index contributed by atoms with van der Waals surface area (Å²) in [4.78, 5) is 16.9. The van der Waals surface area contributed by atoms with Crippen molar-refractivity contribution in [3.63, 3.8) is 0 Å². The Morgan fingerprint density at radius 1 is 1.30 bits per heavy atom. The van der Waals surface area contributed by atoms with Crippen molar-refractivity contribution in [3.05, 3.63) is 0 Å². The molecule has 23 heavy (non-hydrogen) atoms. The highest BCUT2D eigenvalue weighted by Crippen LogP contribution is 2.37. The minimum Gasteiger partial charge on any atom is -0.345 e. The van der Waals surface area contributed by atoms with Gasteiger partial charge >= 0.3 is 0 Å². The molecule has 0 unspecified atom stereocenters. The van der Waals surface area contributed by atoms with E-state index >= 15 is 0 Å². The van der Waals surface area contributed by atoms with Crippen LogP contribution in [-0.4, -0.2) is 43.1 Å². The summed E-state index contributed by atoms with van der Waals surface area (Å²) in [6, 6.07) is 0. The van der Waals surface area contributed by atoms with Crippen LogP contribution in [0.1, 0.15) is 66.7 Å². The molecule has 136 valence electrons. The van der Waals surface area contributed by atoms with E-state index in [1.54, 1.807) is 7.05 Å². The van der Waals surface area contributed by atoms with Crippen molar-refractivity contribution < 1.29 is 19.1 Å². The fourth-order valence-electron chi connectivity index (χ4n) is 3.23. The maximum absolute atomic E-state index is 12.0. The van der Waals surface area contributed by atoms with Gasteiger partial charge in [-0.2, -0.15) is 0 Å². The number of rotatable bonds is 9. The molecule has 0 spiro atoms. The smallest absolute Gasteiger partial charge is 0.246 e. The number of carbonyl (C=O) groups is 1. The highest BCUT2D eigenvalue weighted by atomic mass is 16.8. The number of hydrogen-bond acceptors (Lipinski definition) is 4. The van der Waals surface area contributed by atoms with Gasteiger partial charge in [-0.15, -0.1) is 0 Å². The fourth-order valence-corrected chi connectivity index (χ4v) is 3.23. The zero-order valence-electron chi connectivity index (χ0n) is 15.9. The summed E-state index contributed by atoms with van der Waals surface area (Å²) in [5, 5.41) is 1.29. The maximum Gasteiger partial charge on any atom is 0.246 e. The Morgan fingerprint density at radius 2 is 1.96 bits per heavy atom. The molecular weight excluding hydrogens is 294 g/mol. The highest BCUT2D eigenvalue weighted by Gasteiger charge is 2.43. The van der Waals surface area contributed by atoms with E-state index in [0.29, 0.717) is 12.3 Å². The predicted octanol–water partition coefficient (Wildman–Crippen LogP) is 3.77. The quantitative estimate of drug-likeness (QED) is 0.604. The third-order valence-electron chi connectivity index (χ3n) is 4.58. The number of ether oxygens (including phenoxy) is 2. The average molecular weight is 329 g/mol.